The van der Waals surface area contributed by atoms with Crippen molar-refractivity contribution in [1.82, 2.24) is 28.8 Å². The predicted octanol–water partition coefficient (Wildman–Crippen LogP) is 0.537. The molecule has 1 aliphatic rings. The van der Waals surface area contributed by atoms with Gasteiger partial charge in [0.2, 0.25) is 0 Å². The zero-order valence-electron chi connectivity index (χ0n) is 13.2. The topological polar surface area (TPSA) is 95.1 Å². The molecular formula is C14H20N6O2S. The molecule has 0 unspecified atom stereocenters. The standard InChI is InChI=1S/C14H20N6O2S/c1-19(2)23(21,22)20-6-4-11(10-20)7-12-8-16-14(9-15-12)13-3-5-17-18-13/h3,5,8-9,11H,4,6-7,10H2,1-2H3,(H,17,18)/t11-/m0/s1. The van der Waals surface area contributed by atoms with Gasteiger partial charge in [0.1, 0.15) is 5.69 Å². The van der Waals surface area contributed by atoms with E-state index in [9.17, 15) is 8.42 Å². The summed E-state index contributed by atoms with van der Waals surface area (Å²) in [5.41, 5.74) is 2.45. The molecule has 8 nitrogen and oxygen atoms in total. The highest BCUT2D eigenvalue weighted by Crippen LogP contribution is 2.23. The van der Waals surface area contributed by atoms with Crippen molar-refractivity contribution in [2.75, 3.05) is 27.2 Å². The van der Waals surface area contributed by atoms with Crippen LogP contribution in [0.4, 0.5) is 0 Å². The zero-order chi connectivity index (χ0) is 16.4. The van der Waals surface area contributed by atoms with Crippen molar-refractivity contribution in [2.24, 2.45) is 5.92 Å². The van der Waals surface area contributed by atoms with E-state index in [0.717, 1.165) is 29.9 Å². The molecule has 0 amide bonds. The Morgan fingerprint density at radius 1 is 1.35 bits per heavy atom. The first-order valence-corrected chi connectivity index (χ1v) is 8.85. The molecule has 3 rings (SSSR count). The molecule has 1 fully saturated rings. The van der Waals surface area contributed by atoms with Crippen molar-refractivity contribution in [3.63, 3.8) is 0 Å². The Morgan fingerprint density at radius 2 is 2.17 bits per heavy atom. The Morgan fingerprint density at radius 3 is 2.78 bits per heavy atom. The quantitative estimate of drug-likeness (QED) is 0.860. The molecule has 1 N–H and O–H groups in total. The Kier molecular flexibility index (Phi) is 4.42. The van der Waals surface area contributed by atoms with Crippen LogP contribution in [0.5, 0.6) is 0 Å². The first kappa shape index (κ1) is 16.0. The van der Waals surface area contributed by atoms with Crippen LogP contribution in [0.1, 0.15) is 12.1 Å². The summed E-state index contributed by atoms with van der Waals surface area (Å²) in [6, 6.07) is 1.84. The SMILES string of the molecule is CN(C)S(=O)(=O)N1CC[C@@H](Cc2cnc(-c3ccn[nH]3)cn2)C1. The zero-order valence-corrected chi connectivity index (χ0v) is 14.0. The average molecular weight is 336 g/mol. The molecule has 1 saturated heterocycles. The van der Waals surface area contributed by atoms with Gasteiger partial charge in [0.25, 0.3) is 10.2 Å². The van der Waals surface area contributed by atoms with E-state index >= 15 is 0 Å². The van der Waals surface area contributed by atoms with Crippen LogP contribution in [0.3, 0.4) is 0 Å². The van der Waals surface area contributed by atoms with Crippen molar-refractivity contribution < 1.29 is 8.42 Å². The lowest BCUT2D eigenvalue weighted by Crippen LogP contribution is -2.38. The second-order valence-corrected chi connectivity index (χ2v) is 8.01. The third-order valence-electron chi connectivity index (χ3n) is 4.02. The molecule has 23 heavy (non-hydrogen) atoms. The normalized spacial score (nSPS) is 19.5. The first-order valence-electron chi connectivity index (χ1n) is 7.45. The number of aromatic amines is 1. The minimum atomic E-state index is -3.32. The van der Waals surface area contributed by atoms with Gasteiger partial charge in [-0.15, -0.1) is 0 Å². The minimum Gasteiger partial charge on any atom is -0.276 e. The molecule has 0 saturated carbocycles. The molecule has 0 aliphatic carbocycles. The summed E-state index contributed by atoms with van der Waals surface area (Å²) in [5.74, 6) is 0.275. The fourth-order valence-electron chi connectivity index (χ4n) is 2.70. The molecule has 2 aromatic heterocycles. The summed E-state index contributed by atoms with van der Waals surface area (Å²) in [7, 11) is -0.203. The molecule has 2 aromatic rings. The smallest absolute Gasteiger partial charge is 0.276 e. The van der Waals surface area contributed by atoms with Gasteiger partial charge in [0, 0.05) is 39.6 Å². The van der Waals surface area contributed by atoms with Crippen LogP contribution in [-0.4, -0.2) is 64.4 Å². The van der Waals surface area contributed by atoms with E-state index in [1.807, 2.05) is 6.07 Å². The lowest BCUT2D eigenvalue weighted by Gasteiger charge is -2.20. The van der Waals surface area contributed by atoms with E-state index in [0.29, 0.717) is 13.1 Å². The van der Waals surface area contributed by atoms with E-state index in [-0.39, 0.29) is 5.92 Å². The predicted molar refractivity (Wildman–Crippen MR) is 85.6 cm³/mol. The fourth-order valence-corrected chi connectivity index (χ4v) is 3.90. The molecule has 0 aromatic carbocycles. The van der Waals surface area contributed by atoms with Gasteiger partial charge in [-0.2, -0.15) is 22.1 Å². The van der Waals surface area contributed by atoms with Crippen LogP contribution < -0.4 is 0 Å². The largest absolute Gasteiger partial charge is 0.281 e. The van der Waals surface area contributed by atoms with Crippen LogP contribution in [0, 0.1) is 5.92 Å². The second-order valence-electron chi connectivity index (χ2n) is 5.87. The summed E-state index contributed by atoms with van der Waals surface area (Å²) in [6.07, 6.45) is 6.71. The van der Waals surface area contributed by atoms with Crippen LogP contribution in [-0.2, 0) is 16.6 Å². The Bertz CT molecular complexity index is 742. The number of hydrogen-bond donors (Lipinski definition) is 1. The Balaban J connectivity index is 1.63. The summed E-state index contributed by atoms with van der Waals surface area (Å²) >= 11 is 0. The van der Waals surface area contributed by atoms with Gasteiger partial charge in [0.15, 0.2) is 0 Å². The molecule has 0 spiro atoms. The summed E-state index contributed by atoms with van der Waals surface area (Å²) in [4.78, 5) is 8.82. The van der Waals surface area contributed by atoms with Crippen LogP contribution in [0.15, 0.2) is 24.7 Å². The van der Waals surface area contributed by atoms with Gasteiger partial charge in [-0.3, -0.25) is 15.1 Å². The Labute approximate surface area is 135 Å². The molecule has 0 radical (unpaired) electrons. The molecule has 9 heteroatoms. The van der Waals surface area contributed by atoms with Crippen molar-refractivity contribution >= 4 is 10.2 Å². The highest BCUT2D eigenvalue weighted by molar-refractivity contribution is 7.86. The van der Waals surface area contributed by atoms with Gasteiger partial charge in [0.05, 0.1) is 17.6 Å². The summed E-state index contributed by atoms with van der Waals surface area (Å²) in [5, 5.41) is 6.74. The maximum atomic E-state index is 12.1. The van der Waals surface area contributed by atoms with Crippen LogP contribution in [0.2, 0.25) is 0 Å². The van der Waals surface area contributed by atoms with Crippen molar-refractivity contribution in [2.45, 2.75) is 12.8 Å². The van der Waals surface area contributed by atoms with E-state index in [2.05, 4.69) is 20.2 Å². The van der Waals surface area contributed by atoms with Crippen LogP contribution in [0.25, 0.3) is 11.4 Å². The maximum Gasteiger partial charge on any atom is 0.281 e. The maximum absolute atomic E-state index is 12.1. The minimum absolute atomic E-state index is 0.275. The average Bonchev–Trinajstić information content (AvgIpc) is 3.19. The summed E-state index contributed by atoms with van der Waals surface area (Å²) in [6.45, 7) is 1.09. The van der Waals surface area contributed by atoms with E-state index in [1.165, 1.54) is 8.61 Å². The van der Waals surface area contributed by atoms with Gasteiger partial charge in [-0.25, -0.2) is 0 Å². The molecule has 3 heterocycles. The van der Waals surface area contributed by atoms with Gasteiger partial charge < -0.3 is 0 Å². The number of H-pyrrole nitrogens is 1. The van der Waals surface area contributed by atoms with E-state index in [1.54, 1.807) is 32.7 Å². The number of rotatable bonds is 5. The third kappa shape index (κ3) is 3.41. The summed E-state index contributed by atoms with van der Waals surface area (Å²) < 4.78 is 27.0. The number of hydrogen-bond acceptors (Lipinski definition) is 5. The van der Waals surface area contributed by atoms with Gasteiger partial charge >= 0.3 is 0 Å². The monoisotopic (exact) mass is 336 g/mol. The second kappa shape index (κ2) is 6.34. The van der Waals surface area contributed by atoms with Crippen molar-refractivity contribution in [1.29, 1.82) is 0 Å². The number of nitrogens with zero attached hydrogens (tertiary/aromatic N) is 5. The molecule has 1 aliphatic heterocycles. The fraction of sp³-hybridized carbons (Fsp3) is 0.500. The van der Waals surface area contributed by atoms with E-state index in [4.69, 9.17) is 0 Å². The van der Waals surface area contributed by atoms with Gasteiger partial charge in [-0.1, -0.05) is 0 Å². The van der Waals surface area contributed by atoms with E-state index < -0.39 is 10.2 Å². The molecule has 1 atom stereocenters. The van der Waals surface area contributed by atoms with Crippen LogP contribution >= 0.6 is 0 Å². The van der Waals surface area contributed by atoms with Gasteiger partial charge in [-0.05, 0) is 24.8 Å². The highest BCUT2D eigenvalue weighted by atomic mass is 32.2. The number of aromatic nitrogens is 4. The molecule has 124 valence electrons. The third-order valence-corrected chi connectivity index (χ3v) is 5.92. The Hall–Kier alpha value is -1.84. The lowest BCUT2D eigenvalue weighted by atomic mass is 10.0. The van der Waals surface area contributed by atoms with Crippen molar-refractivity contribution in [3.05, 3.63) is 30.4 Å². The first-order chi connectivity index (χ1) is 11.0. The number of nitrogens with one attached hydrogen (secondary N) is 1. The highest BCUT2D eigenvalue weighted by Gasteiger charge is 2.32. The molecule has 0 bridgehead atoms. The lowest BCUT2D eigenvalue weighted by molar-refractivity contribution is 0.409. The molecular weight excluding hydrogens is 316 g/mol. The van der Waals surface area contributed by atoms with Crippen molar-refractivity contribution in [3.8, 4) is 11.4 Å².